The van der Waals surface area contributed by atoms with E-state index in [0.29, 0.717) is 5.69 Å². The van der Waals surface area contributed by atoms with Gasteiger partial charge in [-0.25, -0.2) is 9.78 Å². The zero-order chi connectivity index (χ0) is 16.9. The molecule has 1 aromatic heterocycles. The van der Waals surface area contributed by atoms with E-state index in [4.69, 9.17) is 4.74 Å². The number of nitrogens with one attached hydrogen (secondary N) is 2. The summed E-state index contributed by atoms with van der Waals surface area (Å²) < 4.78 is 5.20. The normalized spacial score (nSPS) is 11.0. The molecule has 5 heteroatoms. The van der Waals surface area contributed by atoms with Gasteiger partial charge in [-0.2, -0.15) is 0 Å². The second-order valence-electron chi connectivity index (χ2n) is 6.19. The highest BCUT2D eigenvalue weighted by atomic mass is 16.6. The number of anilines is 3. The molecule has 0 atom stereocenters. The fourth-order valence-electron chi connectivity index (χ4n) is 2.05. The number of pyridine rings is 1. The number of para-hydroxylation sites is 1. The molecule has 23 heavy (non-hydrogen) atoms. The van der Waals surface area contributed by atoms with Crippen molar-refractivity contribution in [2.24, 2.45) is 0 Å². The van der Waals surface area contributed by atoms with Gasteiger partial charge in [0.05, 0.1) is 11.9 Å². The first kappa shape index (κ1) is 16.8. The van der Waals surface area contributed by atoms with Crippen LogP contribution in [-0.2, 0) is 11.2 Å². The van der Waals surface area contributed by atoms with Gasteiger partial charge in [0.15, 0.2) is 0 Å². The fourth-order valence-corrected chi connectivity index (χ4v) is 2.05. The van der Waals surface area contributed by atoms with E-state index in [1.165, 1.54) is 5.56 Å². The van der Waals surface area contributed by atoms with Crippen LogP contribution in [0.25, 0.3) is 0 Å². The number of carbonyl (C=O) groups is 1. The molecule has 0 fully saturated rings. The van der Waals surface area contributed by atoms with Crippen LogP contribution in [0.3, 0.4) is 0 Å². The molecule has 5 nitrogen and oxygen atoms in total. The van der Waals surface area contributed by atoms with Gasteiger partial charge in [0.2, 0.25) is 0 Å². The van der Waals surface area contributed by atoms with Gasteiger partial charge >= 0.3 is 6.09 Å². The van der Waals surface area contributed by atoms with Crippen molar-refractivity contribution in [2.45, 2.75) is 39.7 Å². The van der Waals surface area contributed by atoms with Gasteiger partial charge in [-0.05, 0) is 51.0 Å². The zero-order valence-electron chi connectivity index (χ0n) is 14.0. The van der Waals surface area contributed by atoms with Crippen molar-refractivity contribution in [2.75, 3.05) is 10.6 Å². The SMILES string of the molecule is CCc1ccccc1Nc1ccc(NC(=O)OC(C)(C)C)cn1. The first-order chi connectivity index (χ1) is 10.9. The van der Waals surface area contributed by atoms with Crippen molar-refractivity contribution in [1.29, 1.82) is 0 Å². The molecule has 0 unspecified atom stereocenters. The summed E-state index contributed by atoms with van der Waals surface area (Å²) >= 11 is 0. The predicted molar refractivity (Wildman–Crippen MR) is 93.2 cm³/mol. The molecule has 1 amide bonds. The lowest BCUT2D eigenvalue weighted by atomic mass is 10.1. The Balaban J connectivity index is 2.01. The standard InChI is InChI=1S/C18H23N3O2/c1-5-13-8-6-7-9-15(13)21-16-11-10-14(12-19-16)20-17(22)23-18(2,3)4/h6-12H,5H2,1-4H3,(H,19,21)(H,20,22). The average molecular weight is 313 g/mol. The van der Waals surface area contributed by atoms with Gasteiger partial charge in [-0.3, -0.25) is 5.32 Å². The van der Waals surface area contributed by atoms with E-state index < -0.39 is 11.7 Å². The predicted octanol–water partition coefficient (Wildman–Crippen LogP) is 4.73. The Morgan fingerprint density at radius 3 is 2.52 bits per heavy atom. The second kappa shape index (κ2) is 7.13. The highest BCUT2D eigenvalue weighted by Gasteiger charge is 2.16. The van der Waals surface area contributed by atoms with Crippen molar-refractivity contribution in [3.05, 3.63) is 48.2 Å². The van der Waals surface area contributed by atoms with Gasteiger partial charge in [-0.15, -0.1) is 0 Å². The molecule has 1 aromatic carbocycles. The first-order valence-corrected chi connectivity index (χ1v) is 7.68. The Morgan fingerprint density at radius 1 is 1.17 bits per heavy atom. The molecule has 0 spiro atoms. The van der Waals surface area contributed by atoms with E-state index in [2.05, 4.69) is 28.6 Å². The summed E-state index contributed by atoms with van der Waals surface area (Å²) in [4.78, 5) is 16.0. The minimum Gasteiger partial charge on any atom is -0.444 e. The van der Waals surface area contributed by atoms with Gasteiger partial charge in [0.1, 0.15) is 11.4 Å². The van der Waals surface area contributed by atoms with E-state index >= 15 is 0 Å². The molecule has 0 aliphatic carbocycles. The lowest BCUT2D eigenvalue weighted by Gasteiger charge is -2.19. The molecule has 2 N–H and O–H groups in total. The maximum atomic E-state index is 11.7. The topological polar surface area (TPSA) is 63.2 Å². The Morgan fingerprint density at radius 2 is 1.91 bits per heavy atom. The number of rotatable bonds is 4. The van der Waals surface area contributed by atoms with Crippen LogP contribution in [0.4, 0.5) is 22.0 Å². The smallest absolute Gasteiger partial charge is 0.412 e. The van der Waals surface area contributed by atoms with E-state index in [-0.39, 0.29) is 0 Å². The summed E-state index contributed by atoms with van der Waals surface area (Å²) in [7, 11) is 0. The molecule has 2 rings (SSSR count). The molecule has 0 saturated carbocycles. The van der Waals surface area contributed by atoms with Gasteiger partial charge in [0, 0.05) is 5.69 Å². The van der Waals surface area contributed by atoms with Crippen LogP contribution < -0.4 is 10.6 Å². The monoisotopic (exact) mass is 313 g/mol. The summed E-state index contributed by atoms with van der Waals surface area (Å²) in [5.41, 5.74) is 2.33. The Labute approximate surface area is 137 Å². The van der Waals surface area contributed by atoms with Crippen molar-refractivity contribution in [3.8, 4) is 0 Å². The second-order valence-corrected chi connectivity index (χ2v) is 6.19. The Hall–Kier alpha value is -2.56. The number of nitrogens with zero attached hydrogens (tertiary/aromatic N) is 1. The lowest BCUT2D eigenvalue weighted by Crippen LogP contribution is -2.27. The summed E-state index contributed by atoms with van der Waals surface area (Å²) in [6, 6.07) is 11.7. The molecule has 0 radical (unpaired) electrons. The Bertz CT molecular complexity index is 661. The van der Waals surface area contributed by atoms with Crippen LogP contribution >= 0.6 is 0 Å². The van der Waals surface area contributed by atoms with Crippen LogP contribution in [0, 0.1) is 0 Å². The average Bonchev–Trinajstić information content (AvgIpc) is 2.48. The highest BCUT2D eigenvalue weighted by Crippen LogP contribution is 2.21. The molecule has 0 saturated heterocycles. The summed E-state index contributed by atoms with van der Waals surface area (Å²) in [6.45, 7) is 7.58. The van der Waals surface area contributed by atoms with Crippen LogP contribution in [0.1, 0.15) is 33.3 Å². The first-order valence-electron chi connectivity index (χ1n) is 7.68. The van der Waals surface area contributed by atoms with E-state index in [9.17, 15) is 4.79 Å². The minimum absolute atomic E-state index is 0.490. The molecule has 2 aromatic rings. The number of hydrogen-bond acceptors (Lipinski definition) is 4. The zero-order valence-corrected chi connectivity index (χ0v) is 14.0. The number of ether oxygens (including phenoxy) is 1. The largest absolute Gasteiger partial charge is 0.444 e. The number of aryl methyl sites for hydroxylation is 1. The van der Waals surface area contributed by atoms with Crippen LogP contribution in [-0.4, -0.2) is 16.7 Å². The van der Waals surface area contributed by atoms with E-state index in [0.717, 1.165) is 17.9 Å². The van der Waals surface area contributed by atoms with Crippen LogP contribution in [0.15, 0.2) is 42.6 Å². The third kappa shape index (κ3) is 5.29. The van der Waals surface area contributed by atoms with Crippen LogP contribution in [0.5, 0.6) is 0 Å². The van der Waals surface area contributed by atoms with Crippen molar-refractivity contribution in [1.82, 2.24) is 4.98 Å². The maximum absolute atomic E-state index is 11.7. The number of hydrogen-bond donors (Lipinski definition) is 2. The van der Waals surface area contributed by atoms with Crippen molar-refractivity contribution >= 4 is 23.3 Å². The lowest BCUT2D eigenvalue weighted by molar-refractivity contribution is 0.0636. The number of carbonyl (C=O) groups excluding carboxylic acids is 1. The fraction of sp³-hybridized carbons (Fsp3) is 0.333. The third-order valence-electron chi connectivity index (χ3n) is 3.07. The molecular formula is C18H23N3O2. The molecule has 0 aliphatic rings. The van der Waals surface area contributed by atoms with Gasteiger partial charge in [0.25, 0.3) is 0 Å². The quantitative estimate of drug-likeness (QED) is 0.856. The van der Waals surface area contributed by atoms with Gasteiger partial charge in [-0.1, -0.05) is 25.1 Å². The molecular weight excluding hydrogens is 290 g/mol. The molecule has 0 aliphatic heterocycles. The minimum atomic E-state index is -0.525. The molecule has 1 heterocycles. The van der Waals surface area contributed by atoms with E-state index in [1.807, 2.05) is 45.0 Å². The maximum Gasteiger partial charge on any atom is 0.412 e. The summed E-state index contributed by atoms with van der Waals surface area (Å²) in [5.74, 6) is 0.723. The Kier molecular flexibility index (Phi) is 5.21. The molecule has 0 bridgehead atoms. The number of benzene rings is 1. The van der Waals surface area contributed by atoms with Gasteiger partial charge < -0.3 is 10.1 Å². The van der Waals surface area contributed by atoms with E-state index in [1.54, 1.807) is 12.3 Å². The molecule has 122 valence electrons. The van der Waals surface area contributed by atoms with Crippen molar-refractivity contribution < 1.29 is 9.53 Å². The highest BCUT2D eigenvalue weighted by molar-refractivity contribution is 5.84. The number of aromatic nitrogens is 1. The summed E-state index contributed by atoms with van der Waals surface area (Å²) in [5, 5.41) is 5.95. The number of amides is 1. The van der Waals surface area contributed by atoms with Crippen LogP contribution in [0.2, 0.25) is 0 Å². The summed E-state index contributed by atoms with van der Waals surface area (Å²) in [6.07, 6.45) is 2.05. The van der Waals surface area contributed by atoms with Crippen molar-refractivity contribution in [3.63, 3.8) is 0 Å². The third-order valence-corrected chi connectivity index (χ3v) is 3.07.